The summed E-state index contributed by atoms with van der Waals surface area (Å²) in [6, 6.07) is 0.444. The summed E-state index contributed by atoms with van der Waals surface area (Å²) in [5, 5.41) is 8.76. The summed E-state index contributed by atoms with van der Waals surface area (Å²) in [5.41, 5.74) is 0.891. The number of nitrogens with zero attached hydrogens (tertiary/aromatic N) is 1. The number of hydrogen-bond donors (Lipinski definition) is 1. The van der Waals surface area contributed by atoms with Crippen molar-refractivity contribution in [3.05, 3.63) is 0 Å². The number of piperidine rings is 1. The smallest absolute Gasteiger partial charge is 0.303 e. The second-order valence-corrected chi connectivity index (χ2v) is 12.1. The van der Waals surface area contributed by atoms with Crippen molar-refractivity contribution in [2.24, 2.45) is 34.5 Å². The first-order valence-electron chi connectivity index (χ1n) is 13.2. The lowest BCUT2D eigenvalue weighted by Crippen LogP contribution is -2.63. The van der Waals surface area contributed by atoms with E-state index in [2.05, 4.69) is 25.8 Å². The van der Waals surface area contributed by atoms with E-state index in [1.807, 2.05) is 0 Å². The third-order valence-corrected chi connectivity index (χ3v) is 10.4. The molecule has 3 saturated carbocycles. The molecule has 176 valence electrons. The number of aliphatic carboxylic acids is 1. The molecular formula is C27H45NO3. The van der Waals surface area contributed by atoms with E-state index in [4.69, 9.17) is 5.11 Å². The molecular weight excluding hydrogens is 386 g/mol. The van der Waals surface area contributed by atoms with Crippen LogP contribution in [0.15, 0.2) is 0 Å². The largest absolute Gasteiger partial charge is 0.481 e. The van der Waals surface area contributed by atoms with E-state index in [1.165, 1.54) is 44.9 Å². The molecule has 0 spiro atoms. The lowest BCUT2D eigenvalue weighted by molar-refractivity contribution is -0.166. The minimum Gasteiger partial charge on any atom is -0.481 e. The van der Waals surface area contributed by atoms with Gasteiger partial charge >= 0.3 is 5.97 Å². The average Bonchev–Trinajstić information content (AvgIpc) is 3.12. The first-order valence-corrected chi connectivity index (χ1v) is 13.2. The molecule has 0 radical (unpaired) electrons. The fraction of sp³-hybridized carbons (Fsp3) is 0.926. The Labute approximate surface area is 189 Å². The molecule has 4 rings (SSSR count). The Kier molecular flexibility index (Phi) is 6.75. The monoisotopic (exact) mass is 431 g/mol. The Bertz CT molecular complexity index is 677. The number of likely N-dealkylation sites (tertiary alicyclic amines) is 1. The number of rotatable bonds is 8. The van der Waals surface area contributed by atoms with Crippen LogP contribution < -0.4 is 0 Å². The maximum Gasteiger partial charge on any atom is 0.303 e. The van der Waals surface area contributed by atoms with Gasteiger partial charge in [0, 0.05) is 25.4 Å². The van der Waals surface area contributed by atoms with Gasteiger partial charge in [-0.1, -0.05) is 46.0 Å². The van der Waals surface area contributed by atoms with Crippen LogP contribution in [0.25, 0.3) is 0 Å². The summed E-state index contributed by atoms with van der Waals surface area (Å²) in [4.78, 5) is 26.0. The first-order chi connectivity index (χ1) is 14.8. The van der Waals surface area contributed by atoms with Crippen LogP contribution in [-0.4, -0.2) is 35.0 Å². The number of hydrogen-bond acceptors (Lipinski definition) is 2. The topological polar surface area (TPSA) is 57.6 Å². The van der Waals surface area contributed by atoms with Gasteiger partial charge in [-0.2, -0.15) is 0 Å². The van der Waals surface area contributed by atoms with Crippen LogP contribution in [0.1, 0.15) is 110 Å². The van der Waals surface area contributed by atoms with E-state index in [0.29, 0.717) is 22.8 Å². The maximum absolute atomic E-state index is 13.2. The highest BCUT2D eigenvalue weighted by molar-refractivity contribution is 5.80. The number of carboxylic acid groups (broad SMARTS) is 1. The van der Waals surface area contributed by atoms with Crippen molar-refractivity contribution in [2.75, 3.05) is 7.05 Å². The molecule has 0 aromatic carbocycles. The fourth-order valence-electron chi connectivity index (χ4n) is 8.84. The lowest BCUT2D eigenvalue weighted by Gasteiger charge is -2.62. The molecule has 4 fully saturated rings. The van der Waals surface area contributed by atoms with E-state index >= 15 is 0 Å². The molecule has 1 heterocycles. The Morgan fingerprint density at radius 2 is 1.74 bits per heavy atom. The highest BCUT2D eigenvalue weighted by Crippen LogP contribution is 2.65. The maximum atomic E-state index is 13.2. The van der Waals surface area contributed by atoms with Crippen LogP contribution in [0.5, 0.6) is 0 Å². The van der Waals surface area contributed by atoms with Crippen molar-refractivity contribution in [2.45, 2.75) is 116 Å². The predicted octanol–water partition coefficient (Wildman–Crippen LogP) is 6.28. The highest BCUT2D eigenvalue weighted by atomic mass is 16.4. The third kappa shape index (κ3) is 4.29. The van der Waals surface area contributed by atoms with E-state index < -0.39 is 5.97 Å². The van der Waals surface area contributed by atoms with Gasteiger partial charge < -0.3 is 10.0 Å². The van der Waals surface area contributed by atoms with Gasteiger partial charge in [-0.25, -0.2) is 0 Å². The van der Waals surface area contributed by atoms with Crippen molar-refractivity contribution in [1.82, 2.24) is 4.90 Å². The van der Waals surface area contributed by atoms with E-state index in [9.17, 15) is 9.59 Å². The molecule has 0 bridgehead atoms. The molecule has 2 unspecified atom stereocenters. The molecule has 1 N–H and O–H groups in total. The zero-order valence-corrected chi connectivity index (χ0v) is 20.2. The summed E-state index contributed by atoms with van der Waals surface area (Å²) in [7, 11) is 2.09. The van der Waals surface area contributed by atoms with Crippen LogP contribution >= 0.6 is 0 Å². The molecule has 1 saturated heterocycles. The summed E-state index contributed by atoms with van der Waals surface area (Å²) in [6.45, 7) is 5.12. The van der Waals surface area contributed by atoms with Crippen LogP contribution in [-0.2, 0) is 9.59 Å². The number of amides is 1. The molecule has 0 aromatic heterocycles. The summed E-state index contributed by atoms with van der Waals surface area (Å²) in [6.07, 6.45) is 17.1. The number of carbonyl (C=O) groups is 2. The normalized spacial score (nSPS) is 42.1. The summed E-state index contributed by atoms with van der Waals surface area (Å²) in [5.74, 6) is 2.52. The Morgan fingerprint density at radius 3 is 2.52 bits per heavy atom. The van der Waals surface area contributed by atoms with Gasteiger partial charge in [0.1, 0.15) is 0 Å². The van der Waals surface area contributed by atoms with Gasteiger partial charge in [0.15, 0.2) is 0 Å². The zero-order chi connectivity index (χ0) is 22.2. The van der Waals surface area contributed by atoms with Crippen LogP contribution in [0.2, 0.25) is 0 Å². The number of unbranched alkanes of at least 4 members (excludes halogenated alkanes) is 4. The zero-order valence-electron chi connectivity index (χ0n) is 20.2. The van der Waals surface area contributed by atoms with Crippen LogP contribution in [0.4, 0.5) is 0 Å². The quantitative estimate of drug-likeness (QED) is 0.460. The van der Waals surface area contributed by atoms with Crippen LogP contribution in [0.3, 0.4) is 0 Å². The van der Waals surface area contributed by atoms with Crippen molar-refractivity contribution in [3.63, 3.8) is 0 Å². The molecule has 0 aromatic rings. The molecule has 4 aliphatic rings. The van der Waals surface area contributed by atoms with Gasteiger partial charge in [-0.05, 0) is 86.4 Å². The van der Waals surface area contributed by atoms with Gasteiger partial charge in [0.05, 0.1) is 0 Å². The first kappa shape index (κ1) is 23.1. The number of carbonyl (C=O) groups excluding carboxylic acids is 1. The Hall–Kier alpha value is -1.06. The SMILES string of the molecule is CN1C(=O)C(CCCCCCCC(=O)O)C[C@@]2(C)C1CC[C@@H]1[C@H]2CC[C@]2(C)CCC[C@@H]12. The van der Waals surface area contributed by atoms with Gasteiger partial charge in [0.2, 0.25) is 5.91 Å². The van der Waals surface area contributed by atoms with Crippen molar-refractivity contribution < 1.29 is 14.7 Å². The molecule has 3 aliphatic carbocycles. The summed E-state index contributed by atoms with van der Waals surface area (Å²) < 4.78 is 0. The second-order valence-electron chi connectivity index (χ2n) is 12.1. The highest BCUT2D eigenvalue weighted by Gasteiger charge is 2.60. The fourth-order valence-corrected chi connectivity index (χ4v) is 8.84. The second kappa shape index (κ2) is 9.06. The van der Waals surface area contributed by atoms with Gasteiger partial charge in [-0.3, -0.25) is 9.59 Å². The minimum absolute atomic E-state index is 0.195. The predicted molar refractivity (Wildman–Crippen MR) is 124 cm³/mol. The van der Waals surface area contributed by atoms with Crippen molar-refractivity contribution >= 4 is 11.9 Å². The van der Waals surface area contributed by atoms with Crippen molar-refractivity contribution in [3.8, 4) is 0 Å². The minimum atomic E-state index is -0.690. The molecule has 31 heavy (non-hydrogen) atoms. The van der Waals surface area contributed by atoms with E-state index in [0.717, 1.165) is 62.7 Å². The molecule has 7 atom stereocenters. The van der Waals surface area contributed by atoms with E-state index in [1.54, 1.807) is 0 Å². The van der Waals surface area contributed by atoms with Gasteiger partial charge in [0.25, 0.3) is 0 Å². The molecule has 1 aliphatic heterocycles. The summed E-state index contributed by atoms with van der Waals surface area (Å²) >= 11 is 0. The standard InChI is InChI=1S/C27H45NO3/c1-26-16-9-11-21(26)20-13-14-23-27(2,22(20)15-17-26)18-19(25(31)28(23)3)10-7-5-4-6-8-12-24(29)30/h19-23H,4-18H2,1-3H3,(H,29,30)/t19?,20-,21-,22+,23?,26-,27+/m0/s1. The van der Waals surface area contributed by atoms with Crippen molar-refractivity contribution in [1.29, 1.82) is 0 Å². The Balaban J connectivity index is 1.37. The average molecular weight is 432 g/mol. The number of fused-ring (bicyclic) bond motifs is 5. The van der Waals surface area contributed by atoms with Crippen LogP contribution in [0, 0.1) is 34.5 Å². The van der Waals surface area contributed by atoms with Gasteiger partial charge in [-0.15, -0.1) is 0 Å². The lowest BCUT2D eigenvalue weighted by atomic mass is 9.47. The third-order valence-electron chi connectivity index (χ3n) is 10.4. The molecule has 4 nitrogen and oxygen atoms in total. The van der Waals surface area contributed by atoms with E-state index in [-0.39, 0.29) is 12.3 Å². The Morgan fingerprint density at radius 1 is 1.00 bits per heavy atom. The molecule has 4 heteroatoms. The number of carboxylic acids is 1. The molecule has 1 amide bonds.